The van der Waals surface area contributed by atoms with Crippen LogP contribution < -0.4 is 10.5 Å². The molecule has 1 aromatic carbocycles. The van der Waals surface area contributed by atoms with Gasteiger partial charge in [0.05, 0.1) is 12.6 Å². The van der Waals surface area contributed by atoms with Gasteiger partial charge in [-0.25, -0.2) is 0 Å². The fraction of sp³-hybridized carbons (Fsp3) is 0.429. The van der Waals surface area contributed by atoms with E-state index in [-0.39, 0.29) is 6.04 Å². The predicted molar refractivity (Wildman–Crippen MR) is 71.5 cm³/mol. The Labute approximate surface area is 102 Å². The van der Waals surface area contributed by atoms with Crippen LogP contribution in [0.3, 0.4) is 0 Å². The van der Waals surface area contributed by atoms with Crippen molar-refractivity contribution >= 4 is 10.9 Å². The highest BCUT2D eigenvalue weighted by molar-refractivity contribution is 5.91. The molecule has 1 aromatic heterocycles. The molecule has 2 N–H and O–H groups in total. The van der Waals surface area contributed by atoms with Crippen LogP contribution in [-0.4, -0.2) is 11.7 Å². The molecule has 0 fully saturated rings. The van der Waals surface area contributed by atoms with E-state index in [1.165, 1.54) is 22.2 Å². The molecule has 0 saturated carbocycles. The molecule has 0 amide bonds. The molecule has 1 heterocycles. The van der Waals surface area contributed by atoms with Gasteiger partial charge in [0.25, 0.3) is 0 Å². The fourth-order valence-corrected chi connectivity index (χ4v) is 2.69. The summed E-state index contributed by atoms with van der Waals surface area (Å²) in [6.07, 6.45) is 0. The van der Waals surface area contributed by atoms with Gasteiger partial charge in [-0.2, -0.15) is 0 Å². The monoisotopic (exact) mass is 232 g/mol. The smallest absolute Gasteiger partial charge is 0.143 e. The molecule has 92 valence electrons. The number of aryl methyl sites for hydroxylation is 3. The molecule has 0 saturated heterocycles. The van der Waals surface area contributed by atoms with E-state index in [0.717, 1.165) is 11.3 Å². The molecular weight excluding hydrogens is 212 g/mol. The minimum Gasteiger partial charge on any atom is -0.495 e. The maximum Gasteiger partial charge on any atom is 0.143 e. The van der Waals surface area contributed by atoms with E-state index in [1.54, 1.807) is 7.11 Å². The van der Waals surface area contributed by atoms with Crippen LogP contribution >= 0.6 is 0 Å². The minimum atomic E-state index is 0.0254. The molecule has 0 aliphatic carbocycles. The van der Waals surface area contributed by atoms with Gasteiger partial charge in [-0.1, -0.05) is 0 Å². The first-order chi connectivity index (χ1) is 7.97. The molecule has 2 aromatic rings. The van der Waals surface area contributed by atoms with E-state index in [2.05, 4.69) is 30.5 Å². The Hall–Kier alpha value is -1.48. The first-order valence-electron chi connectivity index (χ1n) is 5.86. The second-order valence-corrected chi connectivity index (χ2v) is 4.72. The van der Waals surface area contributed by atoms with Gasteiger partial charge in [0, 0.05) is 24.2 Å². The molecule has 0 spiro atoms. The first kappa shape index (κ1) is 12.0. The Balaban J connectivity index is 2.92. The third kappa shape index (κ3) is 1.71. The zero-order chi connectivity index (χ0) is 12.7. The van der Waals surface area contributed by atoms with Crippen molar-refractivity contribution < 1.29 is 4.74 Å². The SMILES string of the molecule is COc1cc(C)cc2c(C)c(C(C)N)n(C)c12. The average Bonchev–Trinajstić information content (AvgIpc) is 2.50. The summed E-state index contributed by atoms with van der Waals surface area (Å²) in [5.74, 6) is 0.914. The number of benzene rings is 1. The lowest BCUT2D eigenvalue weighted by atomic mass is 10.1. The summed E-state index contributed by atoms with van der Waals surface area (Å²) in [5.41, 5.74) is 10.8. The molecule has 1 unspecified atom stereocenters. The number of nitrogens with two attached hydrogens (primary N) is 1. The third-order valence-electron chi connectivity index (χ3n) is 3.36. The molecule has 0 radical (unpaired) electrons. The van der Waals surface area contributed by atoms with E-state index >= 15 is 0 Å². The van der Waals surface area contributed by atoms with Crippen LogP contribution in [0.4, 0.5) is 0 Å². The Morgan fingerprint density at radius 2 is 1.94 bits per heavy atom. The van der Waals surface area contributed by atoms with Crippen LogP contribution in [0.15, 0.2) is 12.1 Å². The standard InChI is InChI=1S/C14H20N2O/c1-8-6-11-9(2)13(10(3)15)16(4)14(11)12(7-8)17-5/h6-7,10H,15H2,1-5H3. The van der Waals surface area contributed by atoms with Crippen LogP contribution in [0, 0.1) is 13.8 Å². The quantitative estimate of drug-likeness (QED) is 0.865. The van der Waals surface area contributed by atoms with Gasteiger partial charge >= 0.3 is 0 Å². The lowest BCUT2D eigenvalue weighted by molar-refractivity contribution is 0.417. The normalized spacial score (nSPS) is 13.1. The van der Waals surface area contributed by atoms with Crippen molar-refractivity contribution in [2.24, 2.45) is 12.8 Å². The van der Waals surface area contributed by atoms with E-state index < -0.39 is 0 Å². The number of nitrogens with zero attached hydrogens (tertiary/aromatic N) is 1. The predicted octanol–water partition coefficient (Wildman–Crippen LogP) is 2.82. The number of ether oxygens (including phenoxy) is 1. The van der Waals surface area contributed by atoms with Gasteiger partial charge in [0.15, 0.2) is 0 Å². The summed E-state index contributed by atoms with van der Waals surface area (Å²) in [6.45, 7) is 6.22. The molecule has 0 bridgehead atoms. The lowest BCUT2D eigenvalue weighted by Crippen LogP contribution is -2.11. The maximum absolute atomic E-state index is 6.05. The summed E-state index contributed by atoms with van der Waals surface area (Å²) >= 11 is 0. The Bertz CT molecular complexity index is 567. The number of rotatable bonds is 2. The van der Waals surface area contributed by atoms with E-state index in [0.29, 0.717) is 0 Å². The van der Waals surface area contributed by atoms with Crippen molar-refractivity contribution in [2.75, 3.05) is 7.11 Å². The Kier molecular flexibility index (Phi) is 2.87. The first-order valence-corrected chi connectivity index (χ1v) is 5.86. The van der Waals surface area contributed by atoms with Gasteiger partial charge < -0.3 is 15.0 Å². The van der Waals surface area contributed by atoms with Crippen LogP contribution in [0.1, 0.15) is 29.8 Å². The van der Waals surface area contributed by atoms with Crippen molar-refractivity contribution in [1.82, 2.24) is 4.57 Å². The number of hydrogen-bond acceptors (Lipinski definition) is 2. The number of fused-ring (bicyclic) bond motifs is 1. The highest BCUT2D eigenvalue weighted by Gasteiger charge is 2.17. The molecule has 3 nitrogen and oxygen atoms in total. The van der Waals surface area contributed by atoms with Crippen molar-refractivity contribution in [1.29, 1.82) is 0 Å². The minimum absolute atomic E-state index is 0.0254. The number of aromatic nitrogens is 1. The highest BCUT2D eigenvalue weighted by atomic mass is 16.5. The van der Waals surface area contributed by atoms with Crippen molar-refractivity contribution in [3.63, 3.8) is 0 Å². The van der Waals surface area contributed by atoms with Crippen molar-refractivity contribution in [2.45, 2.75) is 26.8 Å². The van der Waals surface area contributed by atoms with Gasteiger partial charge in [-0.3, -0.25) is 0 Å². The molecule has 3 heteroatoms. The molecule has 0 aliphatic rings. The molecular formula is C14H20N2O. The van der Waals surface area contributed by atoms with Crippen LogP contribution in [0.5, 0.6) is 5.75 Å². The fourth-order valence-electron chi connectivity index (χ4n) is 2.69. The van der Waals surface area contributed by atoms with Gasteiger partial charge in [0.1, 0.15) is 5.75 Å². The Morgan fingerprint density at radius 3 is 2.47 bits per heavy atom. The zero-order valence-corrected chi connectivity index (χ0v) is 11.2. The number of hydrogen-bond donors (Lipinski definition) is 1. The van der Waals surface area contributed by atoms with E-state index in [9.17, 15) is 0 Å². The maximum atomic E-state index is 6.05. The van der Waals surface area contributed by atoms with Gasteiger partial charge in [0.2, 0.25) is 0 Å². The topological polar surface area (TPSA) is 40.2 Å². The largest absolute Gasteiger partial charge is 0.495 e. The molecule has 1 atom stereocenters. The third-order valence-corrected chi connectivity index (χ3v) is 3.36. The summed E-state index contributed by atoms with van der Waals surface area (Å²) in [5, 5.41) is 1.23. The second-order valence-electron chi connectivity index (χ2n) is 4.72. The summed E-state index contributed by atoms with van der Waals surface area (Å²) in [7, 11) is 3.76. The lowest BCUT2D eigenvalue weighted by Gasteiger charge is -2.10. The van der Waals surface area contributed by atoms with Crippen LogP contribution in [0.25, 0.3) is 10.9 Å². The molecule has 0 aliphatic heterocycles. The molecule has 17 heavy (non-hydrogen) atoms. The van der Waals surface area contributed by atoms with Crippen molar-refractivity contribution in [3.05, 3.63) is 29.0 Å². The Morgan fingerprint density at radius 1 is 1.29 bits per heavy atom. The average molecular weight is 232 g/mol. The van der Waals surface area contributed by atoms with Gasteiger partial charge in [-0.15, -0.1) is 0 Å². The second kappa shape index (κ2) is 4.08. The number of methoxy groups -OCH3 is 1. The molecule has 2 rings (SSSR count). The summed E-state index contributed by atoms with van der Waals surface area (Å²) in [6, 6.07) is 4.28. The highest BCUT2D eigenvalue weighted by Crippen LogP contribution is 2.34. The van der Waals surface area contributed by atoms with Crippen molar-refractivity contribution in [3.8, 4) is 5.75 Å². The van der Waals surface area contributed by atoms with Crippen LogP contribution in [-0.2, 0) is 7.05 Å². The summed E-state index contributed by atoms with van der Waals surface area (Å²) < 4.78 is 7.62. The summed E-state index contributed by atoms with van der Waals surface area (Å²) in [4.78, 5) is 0. The zero-order valence-electron chi connectivity index (χ0n) is 11.2. The van der Waals surface area contributed by atoms with Crippen LogP contribution in [0.2, 0.25) is 0 Å². The van der Waals surface area contributed by atoms with E-state index in [1.807, 2.05) is 14.0 Å². The van der Waals surface area contributed by atoms with E-state index in [4.69, 9.17) is 10.5 Å². The van der Waals surface area contributed by atoms with Gasteiger partial charge in [-0.05, 0) is 44.0 Å².